The van der Waals surface area contributed by atoms with Crippen LogP contribution in [0.1, 0.15) is 22.2 Å². The molecule has 0 radical (unpaired) electrons. The third kappa shape index (κ3) is 5.28. The highest BCUT2D eigenvalue weighted by Gasteiger charge is 2.28. The van der Waals surface area contributed by atoms with Crippen molar-refractivity contribution in [2.24, 2.45) is 0 Å². The number of nitrogens with one attached hydrogen (secondary N) is 1. The van der Waals surface area contributed by atoms with Crippen LogP contribution in [-0.2, 0) is 0 Å². The highest BCUT2D eigenvalue weighted by molar-refractivity contribution is 9.10. The summed E-state index contributed by atoms with van der Waals surface area (Å²) in [5.41, 5.74) is 1.63. The fraction of sp³-hybridized carbons (Fsp3) is 0.292. The van der Waals surface area contributed by atoms with Crippen LogP contribution >= 0.6 is 27.5 Å². The molecular formula is C24H25BrClN3O3. The van der Waals surface area contributed by atoms with Gasteiger partial charge >= 0.3 is 0 Å². The molecule has 1 fully saturated rings. The summed E-state index contributed by atoms with van der Waals surface area (Å²) >= 11 is 9.62. The van der Waals surface area contributed by atoms with Crippen LogP contribution in [0.5, 0.6) is 5.75 Å². The zero-order valence-corrected chi connectivity index (χ0v) is 20.1. The summed E-state index contributed by atoms with van der Waals surface area (Å²) in [6, 6.07) is 17.2. The zero-order valence-electron chi connectivity index (χ0n) is 17.8. The van der Waals surface area contributed by atoms with Crippen molar-refractivity contribution in [1.29, 1.82) is 0 Å². The minimum Gasteiger partial charge on any atom is -0.497 e. The Morgan fingerprint density at radius 2 is 1.91 bits per heavy atom. The molecule has 1 saturated heterocycles. The normalized spacial score (nSPS) is 15.4. The van der Waals surface area contributed by atoms with Crippen molar-refractivity contribution < 1.29 is 13.9 Å². The van der Waals surface area contributed by atoms with Crippen molar-refractivity contribution in [2.75, 3.05) is 44.7 Å². The van der Waals surface area contributed by atoms with Crippen LogP contribution in [-0.4, -0.2) is 50.6 Å². The third-order valence-corrected chi connectivity index (χ3v) is 6.52. The summed E-state index contributed by atoms with van der Waals surface area (Å²) in [6.07, 6.45) is 1.67. The molecule has 1 unspecified atom stereocenters. The number of carbonyl (C=O) groups excluding carboxylic acids is 1. The molecule has 4 rings (SSSR count). The summed E-state index contributed by atoms with van der Waals surface area (Å²) in [6.45, 7) is 3.90. The molecule has 32 heavy (non-hydrogen) atoms. The maximum Gasteiger partial charge on any atom is 0.252 e. The van der Waals surface area contributed by atoms with Crippen molar-refractivity contribution >= 4 is 39.1 Å². The quantitative estimate of drug-likeness (QED) is 0.477. The van der Waals surface area contributed by atoms with E-state index in [1.807, 2.05) is 30.3 Å². The first-order chi connectivity index (χ1) is 15.5. The molecule has 6 nitrogen and oxygen atoms in total. The van der Waals surface area contributed by atoms with Crippen LogP contribution in [0.25, 0.3) is 0 Å². The Balaban J connectivity index is 1.41. The number of hydrogen-bond donors (Lipinski definition) is 1. The molecule has 1 atom stereocenters. The second-order valence-corrected chi connectivity index (χ2v) is 8.91. The van der Waals surface area contributed by atoms with E-state index in [4.69, 9.17) is 20.8 Å². The van der Waals surface area contributed by atoms with Gasteiger partial charge in [-0.25, -0.2) is 0 Å². The Kier molecular flexibility index (Phi) is 7.40. The molecule has 0 bridgehead atoms. The third-order valence-electron chi connectivity index (χ3n) is 5.69. The van der Waals surface area contributed by atoms with Gasteiger partial charge in [0.25, 0.3) is 5.91 Å². The molecule has 2 aromatic carbocycles. The number of benzene rings is 2. The van der Waals surface area contributed by atoms with Crippen molar-refractivity contribution in [3.05, 3.63) is 81.7 Å². The van der Waals surface area contributed by atoms with E-state index in [2.05, 4.69) is 43.2 Å². The van der Waals surface area contributed by atoms with E-state index in [9.17, 15) is 4.79 Å². The Labute approximate surface area is 201 Å². The Morgan fingerprint density at radius 3 is 2.56 bits per heavy atom. The van der Waals surface area contributed by atoms with E-state index in [0.29, 0.717) is 17.1 Å². The van der Waals surface area contributed by atoms with E-state index >= 15 is 0 Å². The second-order valence-electron chi connectivity index (χ2n) is 7.59. The molecule has 3 aromatic rings. The van der Waals surface area contributed by atoms with E-state index in [-0.39, 0.29) is 11.9 Å². The lowest BCUT2D eigenvalue weighted by Gasteiger charge is -2.39. The molecule has 0 spiro atoms. The summed E-state index contributed by atoms with van der Waals surface area (Å²) in [5.74, 6) is 1.49. The first kappa shape index (κ1) is 22.7. The van der Waals surface area contributed by atoms with Crippen LogP contribution < -0.4 is 15.0 Å². The molecule has 1 amide bonds. The van der Waals surface area contributed by atoms with Gasteiger partial charge < -0.3 is 19.4 Å². The molecule has 1 aliphatic heterocycles. The number of methoxy groups -OCH3 is 1. The predicted molar refractivity (Wildman–Crippen MR) is 130 cm³/mol. The summed E-state index contributed by atoms with van der Waals surface area (Å²) in [7, 11) is 1.67. The number of rotatable bonds is 7. The monoisotopic (exact) mass is 517 g/mol. The molecule has 168 valence electrons. The number of anilines is 1. The van der Waals surface area contributed by atoms with Gasteiger partial charge in [-0.2, -0.15) is 0 Å². The number of ether oxygens (including phenoxy) is 1. The largest absolute Gasteiger partial charge is 0.497 e. The van der Waals surface area contributed by atoms with Gasteiger partial charge in [0.05, 0.1) is 30.0 Å². The average Bonchev–Trinajstić information content (AvgIpc) is 3.36. The predicted octanol–water partition coefficient (Wildman–Crippen LogP) is 5.00. The minimum atomic E-state index is -0.204. The molecule has 8 heteroatoms. The SMILES string of the molecule is COc1ccc(N2CCN(C(CNC(=O)c3cc(Br)ccc3Cl)c3ccco3)CC2)cc1. The van der Waals surface area contributed by atoms with Gasteiger partial charge in [0.1, 0.15) is 11.5 Å². The van der Waals surface area contributed by atoms with Crippen LogP contribution in [0.4, 0.5) is 5.69 Å². The molecule has 1 N–H and O–H groups in total. The second kappa shape index (κ2) is 10.4. The van der Waals surface area contributed by atoms with Crippen LogP contribution in [0.15, 0.2) is 69.8 Å². The maximum atomic E-state index is 12.8. The van der Waals surface area contributed by atoms with Crippen LogP contribution in [0, 0.1) is 0 Å². The van der Waals surface area contributed by atoms with Crippen LogP contribution in [0.2, 0.25) is 5.02 Å². The molecule has 2 heterocycles. The lowest BCUT2D eigenvalue weighted by molar-refractivity contribution is 0.0923. The number of furan rings is 1. The van der Waals surface area contributed by atoms with Gasteiger partial charge in [-0.05, 0) is 54.6 Å². The van der Waals surface area contributed by atoms with Gasteiger partial charge in [-0.1, -0.05) is 27.5 Å². The zero-order chi connectivity index (χ0) is 22.5. The summed E-state index contributed by atoms with van der Waals surface area (Å²) in [4.78, 5) is 17.5. The lowest BCUT2D eigenvalue weighted by Crippen LogP contribution is -2.49. The van der Waals surface area contributed by atoms with E-state index < -0.39 is 0 Å². The van der Waals surface area contributed by atoms with Crippen molar-refractivity contribution in [3.63, 3.8) is 0 Å². The lowest BCUT2D eigenvalue weighted by atomic mass is 10.1. The standard InChI is InChI=1S/C24H25BrClN3O3/c1-31-19-7-5-18(6-8-19)28-10-12-29(13-11-28)22(23-3-2-14-32-23)16-27-24(30)20-15-17(25)4-9-21(20)26/h2-9,14-15,22H,10-13,16H2,1H3,(H,27,30). The smallest absolute Gasteiger partial charge is 0.252 e. The molecular weight excluding hydrogens is 494 g/mol. The maximum absolute atomic E-state index is 12.8. The molecule has 0 saturated carbocycles. The highest BCUT2D eigenvalue weighted by atomic mass is 79.9. The van der Waals surface area contributed by atoms with Gasteiger partial charge in [0, 0.05) is 42.9 Å². The number of nitrogens with zero attached hydrogens (tertiary/aromatic N) is 2. The number of halogens is 2. The van der Waals surface area contributed by atoms with E-state index in [1.54, 1.807) is 25.5 Å². The van der Waals surface area contributed by atoms with Gasteiger partial charge in [0.2, 0.25) is 0 Å². The van der Waals surface area contributed by atoms with Crippen molar-refractivity contribution in [3.8, 4) is 5.75 Å². The highest BCUT2D eigenvalue weighted by Crippen LogP contribution is 2.26. The summed E-state index contributed by atoms with van der Waals surface area (Å²) < 4.78 is 11.8. The fourth-order valence-electron chi connectivity index (χ4n) is 3.93. The first-order valence-corrected chi connectivity index (χ1v) is 11.6. The topological polar surface area (TPSA) is 58.0 Å². The summed E-state index contributed by atoms with van der Waals surface area (Å²) in [5, 5.41) is 3.46. The van der Waals surface area contributed by atoms with Gasteiger partial charge in [-0.3, -0.25) is 9.69 Å². The van der Waals surface area contributed by atoms with Gasteiger partial charge in [-0.15, -0.1) is 0 Å². The Morgan fingerprint density at radius 1 is 1.16 bits per heavy atom. The molecule has 1 aliphatic rings. The fourth-order valence-corrected chi connectivity index (χ4v) is 4.50. The van der Waals surface area contributed by atoms with Gasteiger partial charge in [0.15, 0.2) is 0 Å². The number of carbonyl (C=O) groups is 1. The van der Waals surface area contributed by atoms with E-state index in [0.717, 1.165) is 42.2 Å². The van der Waals surface area contributed by atoms with Crippen molar-refractivity contribution in [1.82, 2.24) is 10.2 Å². The Bertz CT molecular complexity index is 1040. The molecule has 0 aliphatic carbocycles. The van der Waals surface area contributed by atoms with Crippen molar-refractivity contribution in [2.45, 2.75) is 6.04 Å². The minimum absolute atomic E-state index is 0.0575. The van der Waals surface area contributed by atoms with E-state index in [1.165, 1.54) is 5.69 Å². The first-order valence-electron chi connectivity index (χ1n) is 10.4. The Hall–Kier alpha value is -2.48. The average molecular weight is 519 g/mol. The van der Waals surface area contributed by atoms with Crippen LogP contribution in [0.3, 0.4) is 0 Å². The molecule has 1 aromatic heterocycles. The number of hydrogen-bond acceptors (Lipinski definition) is 5. The number of piperazine rings is 1. The number of amides is 1.